The van der Waals surface area contributed by atoms with Crippen LogP contribution in [0, 0.1) is 23.2 Å². The molecular weight excluding hydrogens is 230 g/mol. The van der Waals surface area contributed by atoms with Crippen molar-refractivity contribution in [3.63, 3.8) is 0 Å². The topological polar surface area (TPSA) is 12.0 Å². The molecule has 0 aromatic rings. The zero-order valence-electron chi connectivity index (χ0n) is 12.3. The molecule has 4 bridgehead atoms. The number of hydrogen-bond donors (Lipinski definition) is 1. The van der Waals surface area contributed by atoms with E-state index in [1.165, 1.54) is 38.5 Å². The molecule has 6 aliphatic carbocycles. The third kappa shape index (κ3) is 1.76. The predicted molar refractivity (Wildman–Crippen MR) is 78.0 cm³/mol. The second-order valence-electron chi connectivity index (χ2n) is 9.00. The van der Waals surface area contributed by atoms with Crippen LogP contribution < -0.4 is 5.32 Å². The molecule has 0 radical (unpaired) electrons. The molecule has 6 rings (SSSR count). The van der Waals surface area contributed by atoms with Crippen molar-refractivity contribution in [1.82, 2.24) is 5.32 Å². The molecule has 6 fully saturated rings. The summed E-state index contributed by atoms with van der Waals surface area (Å²) in [5, 5.41) is 4.15. The summed E-state index contributed by atoms with van der Waals surface area (Å²) in [6.45, 7) is 0. The summed E-state index contributed by atoms with van der Waals surface area (Å²) in [6.07, 6.45) is 18.6. The van der Waals surface area contributed by atoms with Crippen molar-refractivity contribution in [3.05, 3.63) is 0 Å². The van der Waals surface area contributed by atoms with Crippen LogP contribution in [0.4, 0.5) is 0 Å². The van der Waals surface area contributed by atoms with Crippen molar-refractivity contribution in [2.45, 2.75) is 88.6 Å². The van der Waals surface area contributed by atoms with Crippen molar-refractivity contribution in [1.29, 1.82) is 0 Å². The molecule has 1 nitrogen and oxygen atoms in total. The van der Waals surface area contributed by atoms with E-state index in [-0.39, 0.29) is 0 Å². The van der Waals surface area contributed by atoms with Gasteiger partial charge in [0.2, 0.25) is 0 Å². The van der Waals surface area contributed by atoms with Gasteiger partial charge in [0.05, 0.1) is 0 Å². The normalized spacial score (nSPS) is 53.1. The second kappa shape index (κ2) is 3.78. The molecule has 0 spiro atoms. The van der Waals surface area contributed by atoms with Crippen molar-refractivity contribution in [2.24, 2.45) is 23.2 Å². The first-order valence-electron chi connectivity index (χ1n) is 9.03. The first-order valence-corrected chi connectivity index (χ1v) is 9.03. The smallest absolute Gasteiger partial charge is 0.0194 e. The zero-order chi connectivity index (χ0) is 12.5. The maximum absolute atomic E-state index is 4.15. The van der Waals surface area contributed by atoms with Gasteiger partial charge in [0, 0.05) is 11.6 Å². The Kier molecular flexibility index (Phi) is 2.31. The van der Waals surface area contributed by atoms with Gasteiger partial charge in [0.1, 0.15) is 0 Å². The fraction of sp³-hybridized carbons (Fsp3) is 1.00. The van der Waals surface area contributed by atoms with Crippen LogP contribution in [0.15, 0.2) is 0 Å². The van der Waals surface area contributed by atoms with Gasteiger partial charge in [-0.2, -0.15) is 0 Å². The van der Waals surface area contributed by atoms with Crippen molar-refractivity contribution in [3.8, 4) is 0 Å². The quantitative estimate of drug-likeness (QED) is 0.798. The average molecular weight is 259 g/mol. The molecule has 6 saturated carbocycles. The maximum atomic E-state index is 4.15. The van der Waals surface area contributed by atoms with E-state index in [1.54, 1.807) is 38.5 Å². The molecule has 1 heteroatoms. The highest BCUT2D eigenvalue weighted by Crippen LogP contribution is 2.66. The van der Waals surface area contributed by atoms with E-state index in [4.69, 9.17) is 0 Å². The van der Waals surface area contributed by atoms with E-state index < -0.39 is 0 Å². The zero-order valence-corrected chi connectivity index (χ0v) is 12.3. The van der Waals surface area contributed by atoms with Gasteiger partial charge in [-0.25, -0.2) is 0 Å². The fourth-order valence-electron chi connectivity index (χ4n) is 7.18. The molecule has 0 aliphatic heterocycles. The Hall–Kier alpha value is -0.0400. The molecule has 2 unspecified atom stereocenters. The van der Waals surface area contributed by atoms with Crippen LogP contribution in [-0.2, 0) is 0 Å². The van der Waals surface area contributed by atoms with Crippen molar-refractivity contribution in [2.75, 3.05) is 0 Å². The minimum Gasteiger partial charge on any atom is -0.308 e. The third-order valence-electron chi connectivity index (χ3n) is 7.42. The fourth-order valence-corrected chi connectivity index (χ4v) is 7.18. The molecule has 6 aliphatic rings. The molecule has 0 aromatic carbocycles. The van der Waals surface area contributed by atoms with Gasteiger partial charge in [0.25, 0.3) is 0 Å². The summed E-state index contributed by atoms with van der Waals surface area (Å²) in [4.78, 5) is 0. The van der Waals surface area contributed by atoms with Gasteiger partial charge in [-0.05, 0) is 87.4 Å². The van der Waals surface area contributed by atoms with Gasteiger partial charge in [-0.15, -0.1) is 0 Å². The first-order chi connectivity index (χ1) is 9.25. The average Bonchev–Trinajstić information content (AvgIpc) is 2.97. The minimum atomic E-state index is 0.605. The molecule has 2 atom stereocenters. The minimum absolute atomic E-state index is 0.605. The second-order valence-corrected chi connectivity index (χ2v) is 9.00. The van der Waals surface area contributed by atoms with Crippen LogP contribution in [0.5, 0.6) is 0 Å². The monoisotopic (exact) mass is 259 g/mol. The Bertz CT molecular complexity index is 358. The van der Waals surface area contributed by atoms with E-state index in [1.807, 2.05) is 0 Å². The van der Waals surface area contributed by atoms with Crippen LogP contribution in [0.2, 0.25) is 0 Å². The van der Waals surface area contributed by atoms with Gasteiger partial charge in [-0.3, -0.25) is 0 Å². The number of nitrogens with one attached hydrogen (secondary N) is 1. The predicted octanol–water partition coefficient (Wildman–Crippen LogP) is 4.27. The maximum Gasteiger partial charge on any atom is 0.0194 e. The van der Waals surface area contributed by atoms with Crippen molar-refractivity contribution >= 4 is 0 Å². The number of hydrogen-bond acceptors (Lipinski definition) is 1. The summed E-state index contributed by atoms with van der Waals surface area (Å²) in [5.41, 5.74) is 1.40. The standard InChI is InChI=1S/C18H29N/c1-2-4-15(3-1)17-8-13-7-14(9-17)11-18(10-13,12-17)19-16-5-6-16/h13-16,19H,1-12H2. The Labute approximate surface area is 117 Å². The van der Waals surface area contributed by atoms with Crippen LogP contribution >= 0.6 is 0 Å². The molecule has 1 N–H and O–H groups in total. The molecule has 0 amide bonds. The van der Waals surface area contributed by atoms with E-state index in [0.29, 0.717) is 5.54 Å². The molecule has 0 saturated heterocycles. The summed E-state index contributed by atoms with van der Waals surface area (Å²) in [7, 11) is 0. The van der Waals surface area contributed by atoms with Crippen LogP contribution in [-0.4, -0.2) is 11.6 Å². The highest BCUT2D eigenvalue weighted by atomic mass is 15.1. The summed E-state index contributed by atoms with van der Waals surface area (Å²) >= 11 is 0. The Morgan fingerprint density at radius 2 is 1.47 bits per heavy atom. The summed E-state index contributed by atoms with van der Waals surface area (Å²) in [5.74, 6) is 3.29. The molecular formula is C18H29N. The molecule has 106 valence electrons. The first kappa shape index (κ1) is 11.6. The summed E-state index contributed by atoms with van der Waals surface area (Å²) < 4.78 is 0. The summed E-state index contributed by atoms with van der Waals surface area (Å²) in [6, 6.07) is 0.914. The van der Waals surface area contributed by atoms with E-state index in [0.717, 1.165) is 29.2 Å². The van der Waals surface area contributed by atoms with Crippen LogP contribution in [0.1, 0.15) is 77.0 Å². The number of rotatable bonds is 3. The van der Waals surface area contributed by atoms with Gasteiger partial charge < -0.3 is 5.32 Å². The lowest BCUT2D eigenvalue weighted by atomic mass is 9.44. The highest BCUT2D eigenvalue weighted by molar-refractivity contribution is 5.14. The molecule has 0 aromatic heterocycles. The van der Waals surface area contributed by atoms with Gasteiger partial charge in [-0.1, -0.05) is 12.8 Å². The Balaban J connectivity index is 1.47. The van der Waals surface area contributed by atoms with Crippen LogP contribution in [0.3, 0.4) is 0 Å². The van der Waals surface area contributed by atoms with E-state index >= 15 is 0 Å². The SMILES string of the molecule is C1CCC(C23CC4CC(CC(NC5CC5)(C4)C2)C3)C1. The Morgan fingerprint density at radius 3 is 2.11 bits per heavy atom. The Morgan fingerprint density at radius 1 is 0.789 bits per heavy atom. The van der Waals surface area contributed by atoms with Crippen molar-refractivity contribution < 1.29 is 0 Å². The lowest BCUT2D eigenvalue weighted by molar-refractivity contribution is -0.110. The lowest BCUT2D eigenvalue weighted by Crippen LogP contribution is -2.63. The van der Waals surface area contributed by atoms with Crippen LogP contribution in [0.25, 0.3) is 0 Å². The molecule has 19 heavy (non-hydrogen) atoms. The molecule has 0 heterocycles. The largest absolute Gasteiger partial charge is 0.308 e. The van der Waals surface area contributed by atoms with Gasteiger partial charge in [0.15, 0.2) is 0 Å². The third-order valence-corrected chi connectivity index (χ3v) is 7.42. The van der Waals surface area contributed by atoms with E-state index in [2.05, 4.69) is 5.32 Å². The van der Waals surface area contributed by atoms with Gasteiger partial charge >= 0.3 is 0 Å². The van der Waals surface area contributed by atoms with E-state index in [9.17, 15) is 0 Å². The lowest BCUT2D eigenvalue weighted by Gasteiger charge is -2.64. The highest BCUT2D eigenvalue weighted by Gasteiger charge is 2.60.